The second-order valence-corrected chi connectivity index (χ2v) is 10.0. The van der Waals surface area contributed by atoms with Crippen LogP contribution in [0.1, 0.15) is 34.7 Å². The highest BCUT2D eigenvalue weighted by Crippen LogP contribution is 2.41. The van der Waals surface area contributed by atoms with E-state index in [1.54, 1.807) is 6.20 Å². The molecule has 0 saturated carbocycles. The zero-order chi connectivity index (χ0) is 25.2. The molecule has 6 nitrogen and oxygen atoms in total. The number of aromatic nitrogens is 2. The Bertz CT molecular complexity index is 1410. The van der Waals surface area contributed by atoms with E-state index >= 15 is 0 Å². The number of para-hydroxylation sites is 2. The van der Waals surface area contributed by atoms with E-state index in [4.69, 9.17) is 12.2 Å². The quantitative estimate of drug-likeness (QED) is 0.289. The zero-order valence-corrected chi connectivity index (χ0v) is 22.4. The van der Waals surface area contributed by atoms with E-state index < -0.39 is 0 Å². The third-order valence-corrected chi connectivity index (χ3v) is 7.47. The summed E-state index contributed by atoms with van der Waals surface area (Å²) in [6.45, 7) is 4.33. The third kappa shape index (κ3) is 4.66. The molecule has 182 valence electrons. The molecule has 0 spiro atoms. The van der Waals surface area contributed by atoms with Gasteiger partial charge in [-0.05, 0) is 90.0 Å². The Morgan fingerprint density at radius 2 is 1.78 bits per heavy atom. The fourth-order valence-corrected chi connectivity index (χ4v) is 5.65. The Balaban J connectivity index is 1.55. The highest BCUT2D eigenvalue weighted by atomic mass is 79.9. The number of pyridine rings is 1. The van der Waals surface area contributed by atoms with E-state index in [9.17, 15) is 4.79 Å². The van der Waals surface area contributed by atoms with Gasteiger partial charge < -0.3 is 20.1 Å². The number of hydrogen-bond acceptors (Lipinski definition) is 3. The van der Waals surface area contributed by atoms with Gasteiger partial charge in [0.2, 0.25) is 5.91 Å². The standard InChI is InChI=1S/C28H26BrN5OS/c1-18-16-21(19(2)34(18)24-14-7-6-12-22(24)29)27-26(23-13-8-9-15-30-23)32-28(36)33(27)17-25(35)31-20-10-4-3-5-11-20/h3-16,26-27H,17H2,1-2H3,(H,31,35)(H,32,36)/t26-,27+/m0/s1. The molecule has 0 aliphatic carbocycles. The minimum absolute atomic E-state index is 0.118. The summed E-state index contributed by atoms with van der Waals surface area (Å²) in [6, 6.07) is 25.3. The van der Waals surface area contributed by atoms with Crippen molar-refractivity contribution in [2.75, 3.05) is 11.9 Å². The molecule has 36 heavy (non-hydrogen) atoms. The monoisotopic (exact) mass is 559 g/mol. The Labute approximate surface area is 224 Å². The van der Waals surface area contributed by atoms with Crippen LogP contribution in [0.3, 0.4) is 0 Å². The topological polar surface area (TPSA) is 62.2 Å². The molecule has 1 fully saturated rings. The van der Waals surface area contributed by atoms with Crippen molar-refractivity contribution in [3.05, 3.63) is 112 Å². The van der Waals surface area contributed by atoms with Crippen molar-refractivity contribution < 1.29 is 4.79 Å². The number of hydrogen-bond donors (Lipinski definition) is 2. The van der Waals surface area contributed by atoms with Gasteiger partial charge in [0.25, 0.3) is 0 Å². The van der Waals surface area contributed by atoms with E-state index in [-0.39, 0.29) is 24.5 Å². The molecule has 4 aromatic rings. The lowest BCUT2D eigenvalue weighted by molar-refractivity contribution is -0.116. The molecule has 1 aliphatic heterocycles. The molecule has 1 amide bonds. The molecule has 2 aromatic heterocycles. The number of amides is 1. The van der Waals surface area contributed by atoms with Crippen molar-refractivity contribution >= 4 is 44.9 Å². The number of thiocarbonyl (C=S) groups is 1. The second-order valence-electron chi connectivity index (χ2n) is 8.78. The molecule has 2 atom stereocenters. The molecule has 8 heteroatoms. The van der Waals surface area contributed by atoms with Crippen molar-refractivity contribution in [3.8, 4) is 5.69 Å². The van der Waals surface area contributed by atoms with Crippen LogP contribution in [0.2, 0.25) is 0 Å². The first-order chi connectivity index (χ1) is 17.4. The maximum Gasteiger partial charge on any atom is 0.244 e. The number of benzene rings is 2. The number of nitrogens with zero attached hydrogens (tertiary/aromatic N) is 3. The maximum absolute atomic E-state index is 13.1. The van der Waals surface area contributed by atoms with Gasteiger partial charge in [-0.2, -0.15) is 0 Å². The number of halogens is 1. The van der Waals surface area contributed by atoms with Gasteiger partial charge in [-0.1, -0.05) is 36.4 Å². The largest absolute Gasteiger partial charge is 0.352 e. The lowest BCUT2D eigenvalue weighted by atomic mass is 9.96. The summed E-state index contributed by atoms with van der Waals surface area (Å²) in [5.41, 5.74) is 5.98. The molecule has 1 saturated heterocycles. The van der Waals surface area contributed by atoms with Crippen LogP contribution in [0.25, 0.3) is 5.69 Å². The molecule has 0 radical (unpaired) electrons. The van der Waals surface area contributed by atoms with E-state index in [0.29, 0.717) is 5.11 Å². The van der Waals surface area contributed by atoms with Crippen molar-refractivity contribution in [2.45, 2.75) is 25.9 Å². The van der Waals surface area contributed by atoms with Crippen LogP contribution >= 0.6 is 28.1 Å². The van der Waals surface area contributed by atoms with Crippen molar-refractivity contribution in [1.82, 2.24) is 19.8 Å². The maximum atomic E-state index is 13.1. The smallest absolute Gasteiger partial charge is 0.244 e. The Hall–Kier alpha value is -3.49. The van der Waals surface area contributed by atoms with Crippen LogP contribution in [-0.4, -0.2) is 32.0 Å². The number of rotatable bonds is 6. The normalized spacial score (nSPS) is 17.2. The van der Waals surface area contributed by atoms with Crippen LogP contribution in [-0.2, 0) is 4.79 Å². The minimum Gasteiger partial charge on any atom is -0.352 e. The SMILES string of the molecule is Cc1cc([C@@H]2[C@H](c3ccccn3)NC(=S)N2CC(=O)Nc2ccccc2)c(C)n1-c1ccccc1Br. The van der Waals surface area contributed by atoms with Gasteiger partial charge in [0, 0.05) is 27.7 Å². The molecular weight excluding hydrogens is 534 g/mol. The van der Waals surface area contributed by atoms with E-state index in [2.05, 4.69) is 62.1 Å². The molecule has 2 N–H and O–H groups in total. The van der Waals surface area contributed by atoms with Crippen molar-refractivity contribution in [3.63, 3.8) is 0 Å². The summed E-state index contributed by atoms with van der Waals surface area (Å²) >= 11 is 9.47. The molecule has 1 aliphatic rings. The van der Waals surface area contributed by atoms with Crippen molar-refractivity contribution in [2.24, 2.45) is 0 Å². The Morgan fingerprint density at radius 1 is 1.06 bits per heavy atom. The van der Waals surface area contributed by atoms with Gasteiger partial charge in [-0.25, -0.2) is 0 Å². The van der Waals surface area contributed by atoms with Gasteiger partial charge in [-0.15, -0.1) is 0 Å². The lowest BCUT2D eigenvalue weighted by Crippen LogP contribution is -2.37. The Morgan fingerprint density at radius 3 is 2.50 bits per heavy atom. The van der Waals surface area contributed by atoms with E-state index in [1.165, 1.54) is 0 Å². The summed E-state index contributed by atoms with van der Waals surface area (Å²) in [6.07, 6.45) is 1.78. The number of anilines is 1. The predicted octanol–water partition coefficient (Wildman–Crippen LogP) is 5.86. The molecular formula is C28H26BrN5OS. The molecule has 5 rings (SSSR count). The molecule has 3 heterocycles. The van der Waals surface area contributed by atoms with Gasteiger partial charge in [0.1, 0.15) is 6.54 Å². The summed E-state index contributed by atoms with van der Waals surface area (Å²) in [7, 11) is 0. The van der Waals surface area contributed by atoms with Gasteiger partial charge >= 0.3 is 0 Å². The summed E-state index contributed by atoms with van der Waals surface area (Å²) < 4.78 is 3.25. The number of aryl methyl sites for hydroxylation is 1. The highest BCUT2D eigenvalue weighted by Gasteiger charge is 2.42. The number of carbonyl (C=O) groups is 1. The van der Waals surface area contributed by atoms with Gasteiger partial charge in [-0.3, -0.25) is 9.78 Å². The van der Waals surface area contributed by atoms with Crippen LogP contribution in [0.4, 0.5) is 5.69 Å². The van der Waals surface area contributed by atoms with Crippen molar-refractivity contribution in [1.29, 1.82) is 0 Å². The third-order valence-electron chi connectivity index (χ3n) is 6.45. The predicted molar refractivity (Wildman–Crippen MR) is 150 cm³/mol. The Kier molecular flexibility index (Phi) is 6.89. The average molecular weight is 561 g/mol. The summed E-state index contributed by atoms with van der Waals surface area (Å²) in [5.74, 6) is -0.128. The fraction of sp³-hybridized carbons (Fsp3) is 0.179. The van der Waals surface area contributed by atoms with Crippen LogP contribution < -0.4 is 10.6 Å². The number of carbonyl (C=O) groups excluding carboxylic acids is 1. The van der Waals surface area contributed by atoms with Crippen LogP contribution in [0, 0.1) is 13.8 Å². The lowest BCUT2D eigenvalue weighted by Gasteiger charge is -2.27. The molecule has 0 unspecified atom stereocenters. The van der Waals surface area contributed by atoms with E-state index in [0.717, 1.165) is 38.5 Å². The average Bonchev–Trinajstić information content (AvgIpc) is 3.35. The first-order valence-electron chi connectivity index (χ1n) is 11.7. The van der Waals surface area contributed by atoms with Gasteiger partial charge in [0.05, 0.1) is 23.5 Å². The molecule has 0 bridgehead atoms. The number of nitrogens with one attached hydrogen (secondary N) is 2. The van der Waals surface area contributed by atoms with Crippen LogP contribution in [0.15, 0.2) is 89.5 Å². The summed E-state index contributed by atoms with van der Waals surface area (Å²) in [4.78, 5) is 19.7. The minimum atomic E-state index is -0.212. The van der Waals surface area contributed by atoms with E-state index in [1.807, 2.05) is 71.6 Å². The van der Waals surface area contributed by atoms with Crippen LogP contribution in [0.5, 0.6) is 0 Å². The zero-order valence-electron chi connectivity index (χ0n) is 20.0. The van der Waals surface area contributed by atoms with Gasteiger partial charge in [0.15, 0.2) is 5.11 Å². The molecule has 2 aromatic carbocycles. The highest BCUT2D eigenvalue weighted by molar-refractivity contribution is 9.10. The fourth-order valence-electron chi connectivity index (χ4n) is 4.88. The summed E-state index contributed by atoms with van der Waals surface area (Å²) in [5, 5.41) is 6.96. The first kappa shape index (κ1) is 24.2. The second kappa shape index (κ2) is 10.2. The first-order valence-corrected chi connectivity index (χ1v) is 12.9.